The number of hydrogen-bond acceptors (Lipinski definition) is 7. The third kappa shape index (κ3) is 9.63. The van der Waals surface area contributed by atoms with Crippen molar-refractivity contribution in [2.45, 2.75) is 64.5 Å². The number of ether oxygens (including phenoxy) is 1. The number of oxime groups is 1. The molecule has 2 rings (SSSR count). The van der Waals surface area contributed by atoms with Gasteiger partial charge in [-0.05, 0) is 18.4 Å². The number of aliphatic imine (C=N–C) groups is 1. The molecule has 1 aromatic carbocycles. The predicted octanol–water partition coefficient (Wildman–Crippen LogP) is 2.17. The lowest BCUT2D eigenvalue weighted by Crippen LogP contribution is -2.48. The number of benzene rings is 1. The Kier molecular flexibility index (Phi) is 11.5. The molecule has 0 spiro atoms. The SMILES string of the molecule is CCCCN=C(N)c1ccc(C2=NO[C@@H](CC(=O)NC[C@H](NC(=O)OCCCC)C(=O)O)C2)cc1. The fourth-order valence-electron chi connectivity index (χ4n) is 3.18. The Balaban J connectivity index is 1.79. The first kappa shape index (κ1) is 27.6. The molecule has 2 atom stereocenters. The van der Waals surface area contributed by atoms with Crippen molar-refractivity contribution >= 4 is 29.5 Å². The zero-order valence-electron chi connectivity index (χ0n) is 20.3. The molecule has 0 fully saturated rings. The van der Waals surface area contributed by atoms with Crippen molar-refractivity contribution in [3.8, 4) is 0 Å². The van der Waals surface area contributed by atoms with Gasteiger partial charge in [0.1, 0.15) is 18.0 Å². The summed E-state index contributed by atoms with van der Waals surface area (Å²) in [6.45, 7) is 4.66. The Labute approximate surface area is 205 Å². The minimum absolute atomic E-state index is 0.00456. The van der Waals surface area contributed by atoms with Crippen molar-refractivity contribution in [2.75, 3.05) is 19.7 Å². The van der Waals surface area contributed by atoms with E-state index in [9.17, 15) is 19.5 Å². The summed E-state index contributed by atoms with van der Waals surface area (Å²) < 4.78 is 4.90. The second-order valence-electron chi connectivity index (χ2n) is 8.20. The summed E-state index contributed by atoms with van der Waals surface area (Å²) in [5, 5.41) is 18.1. The highest BCUT2D eigenvalue weighted by Crippen LogP contribution is 2.19. The van der Waals surface area contributed by atoms with E-state index in [-0.39, 0.29) is 19.6 Å². The molecule has 1 aliphatic rings. The quantitative estimate of drug-likeness (QED) is 0.177. The van der Waals surface area contributed by atoms with E-state index in [1.807, 2.05) is 31.2 Å². The summed E-state index contributed by atoms with van der Waals surface area (Å²) in [5.41, 5.74) is 8.41. The highest BCUT2D eigenvalue weighted by molar-refractivity contribution is 6.03. The molecule has 11 nitrogen and oxygen atoms in total. The number of carboxylic acids is 1. The first-order valence-corrected chi connectivity index (χ1v) is 11.9. The van der Waals surface area contributed by atoms with Crippen LogP contribution in [0.5, 0.6) is 0 Å². The standard InChI is InChI=1S/C24H35N5O6/c1-3-5-11-26-22(25)17-9-7-16(8-10-17)19-13-18(35-29-19)14-21(30)27-15-20(23(31)32)28-24(33)34-12-6-4-2/h7-10,18,20H,3-6,11-15H2,1-2H3,(H2,25,26)(H,27,30)(H,28,33)(H,31,32)/t18-,20+/m1/s1. The molecule has 0 bridgehead atoms. The number of hydrogen-bond donors (Lipinski definition) is 4. The predicted molar refractivity (Wildman–Crippen MR) is 131 cm³/mol. The van der Waals surface area contributed by atoms with Gasteiger partial charge in [-0.2, -0.15) is 0 Å². The van der Waals surface area contributed by atoms with Crippen molar-refractivity contribution in [3.63, 3.8) is 0 Å². The van der Waals surface area contributed by atoms with Crippen LogP contribution in [0.3, 0.4) is 0 Å². The molecule has 0 saturated heterocycles. The van der Waals surface area contributed by atoms with Gasteiger partial charge in [0.25, 0.3) is 0 Å². The van der Waals surface area contributed by atoms with Crippen LogP contribution >= 0.6 is 0 Å². The number of amides is 2. The van der Waals surface area contributed by atoms with Crippen LogP contribution in [0.25, 0.3) is 0 Å². The maximum Gasteiger partial charge on any atom is 0.407 e. The number of rotatable bonds is 14. The van der Waals surface area contributed by atoms with Gasteiger partial charge in [0.15, 0.2) is 0 Å². The Morgan fingerprint density at radius 3 is 2.60 bits per heavy atom. The fraction of sp³-hybridized carbons (Fsp3) is 0.542. The van der Waals surface area contributed by atoms with Crippen LogP contribution in [-0.2, 0) is 19.2 Å². The molecular weight excluding hydrogens is 454 g/mol. The molecule has 0 aliphatic carbocycles. The minimum atomic E-state index is -1.30. The molecule has 2 amide bonds. The zero-order chi connectivity index (χ0) is 25.6. The molecule has 1 aromatic rings. The maximum atomic E-state index is 12.3. The number of carbonyl (C=O) groups excluding carboxylic acids is 2. The molecule has 1 aliphatic heterocycles. The average Bonchev–Trinajstić information content (AvgIpc) is 3.30. The molecule has 192 valence electrons. The van der Waals surface area contributed by atoms with Crippen LogP contribution in [0.2, 0.25) is 0 Å². The summed E-state index contributed by atoms with van der Waals surface area (Å²) in [5.74, 6) is -1.20. The summed E-state index contributed by atoms with van der Waals surface area (Å²) >= 11 is 0. The average molecular weight is 490 g/mol. The molecule has 5 N–H and O–H groups in total. The number of carbonyl (C=O) groups is 3. The van der Waals surface area contributed by atoms with Gasteiger partial charge in [0.05, 0.1) is 18.7 Å². The van der Waals surface area contributed by atoms with E-state index in [4.69, 9.17) is 15.3 Å². The molecule has 11 heteroatoms. The number of nitrogens with zero attached hydrogens (tertiary/aromatic N) is 2. The lowest BCUT2D eigenvalue weighted by atomic mass is 10.0. The maximum absolute atomic E-state index is 12.3. The van der Waals surface area contributed by atoms with E-state index >= 15 is 0 Å². The van der Waals surface area contributed by atoms with Crippen LogP contribution in [0, 0.1) is 0 Å². The molecule has 35 heavy (non-hydrogen) atoms. The van der Waals surface area contributed by atoms with E-state index in [0.29, 0.717) is 30.9 Å². The summed E-state index contributed by atoms with van der Waals surface area (Å²) in [6, 6.07) is 6.19. The van der Waals surface area contributed by atoms with Crippen LogP contribution in [0.1, 0.15) is 63.5 Å². The van der Waals surface area contributed by atoms with Crippen LogP contribution in [-0.4, -0.2) is 66.5 Å². The van der Waals surface area contributed by atoms with Crippen molar-refractivity contribution < 1.29 is 29.1 Å². The van der Waals surface area contributed by atoms with Gasteiger partial charge in [-0.25, -0.2) is 9.59 Å². The van der Waals surface area contributed by atoms with E-state index < -0.39 is 30.1 Å². The van der Waals surface area contributed by atoms with Crippen LogP contribution in [0.4, 0.5) is 4.79 Å². The van der Waals surface area contributed by atoms with E-state index in [0.717, 1.165) is 30.4 Å². The number of amidine groups is 1. The number of nitrogens with one attached hydrogen (secondary N) is 2. The van der Waals surface area contributed by atoms with Gasteiger partial charge in [-0.15, -0.1) is 0 Å². The minimum Gasteiger partial charge on any atom is -0.480 e. The monoisotopic (exact) mass is 489 g/mol. The van der Waals surface area contributed by atoms with Gasteiger partial charge < -0.3 is 31.0 Å². The largest absolute Gasteiger partial charge is 0.480 e. The zero-order valence-corrected chi connectivity index (χ0v) is 20.3. The summed E-state index contributed by atoms with van der Waals surface area (Å²) in [6.07, 6.45) is 2.68. The van der Waals surface area contributed by atoms with E-state index in [1.54, 1.807) is 0 Å². The van der Waals surface area contributed by atoms with Gasteiger partial charge in [-0.3, -0.25) is 9.79 Å². The number of aliphatic carboxylic acids is 1. The summed E-state index contributed by atoms with van der Waals surface area (Å²) in [7, 11) is 0. The van der Waals surface area contributed by atoms with Gasteiger partial charge in [-0.1, -0.05) is 56.1 Å². The Morgan fingerprint density at radius 1 is 1.23 bits per heavy atom. The highest BCUT2D eigenvalue weighted by atomic mass is 16.6. The molecule has 0 saturated carbocycles. The van der Waals surface area contributed by atoms with Gasteiger partial charge >= 0.3 is 12.1 Å². The van der Waals surface area contributed by atoms with Crippen molar-refractivity contribution in [1.82, 2.24) is 10.6 Å². The third-order valence-corrected chi connectivity index (χ3v) is 5.28. The Morgan fingerprint density at radius 2 is 1.94 bits per heavy atom. The summed E-state index contributed by atoms with van der Waals surface area (Å²) in [4.78, 5) is 45.1. The smallest absolute Gasteiger partial charge is 0.407 e. The van der Waals surface area contributed by atoms with Crippen LogP contribution < -0.4 is 16.4 Å². The van der Waals surface area contributed by atoms with Crippen molar-refractivity contribution in [2.24, 2.45) is 15.9 Å². The molecule has 0 aromatic heterocycles. The highest BCUT2D eigenvalue weighted by Gasteiger charge is 2.26. The fourth-order valence-corrected chi connectivity index (χ4v) is 3.18. The van der Waals surface area contributed by atoms with Gasteiger partial charge in [0.2, 0.25) is 5.91 Å². The Hall–Kier alpha value is -3.63. The van der Waals surface area contributed by atoms with Crippen molar-refractivity contribution in [1.29, 1.82) is 0 Å². The molecule has 1 heterocycles. The number of carboxylic acid groups (broad SMARTS) is 1. The Bertz CT molecular complexity index is 915. The van der Waals surface area contributed by atoms with Crippen molar-refractivity contribution in [3.05, 3.63) is 35.4 Å². The number of alkyl carbamates (subject to hydrolysis) is 1. The first-order valence-electron chi connectivity index (χ1n) is 11.9. The molecule has 0 unspecified atom stereocenters. The van der Waals surface area contributed by atoms with E-state index in [1.165, 1.54) is 0 Å². The number of nitrogens with two attached hydrogens (primary N) is 1. The lowest BCUT2D eigenvalue weighted by molar-refractivity contribution is -0.139. The normalized spacial score (nSPS) is 16.1. The van der Waals surface area contributed by atoms with Crippen LogP contribution in [0.15, 0.2) is 34.4 Å². The molecule has 0 radical (unpaired) electrons. The topological polar surface area (TPSA) is 165 Å². The van der Waals surface area contributed by atoms with Gasteiger partial charge in [0, 0.05) is 25.1 Å². The lowest BCUT2D eigenvalue weighted by Gasteiger charge is -2.16. The first-order chi connectivity index (χ1) is 16.8. The third-order valence-electron chi connectivity index (χ3n) is 5.28. The second kappa shape index (κ2) is 14.6. The number of unbranched alkanes of at least 4 members (excludes halogenated alkanes) is 2. The molecular formula is C24H35N5O6. The van der Waals surface area contributed by atoms with E-state index in [2.05, 4.69) is 27.7 Å². The second-order valence-corrected chi connectivity index (χ2v) is 8.20.